The zero-order valence-electron chi connectivity index (χ0n) is 16.6. The Kier molecular flexibility index (Phi) is 18.1. The average molecular weight is 352 g/mol. The Morgan fingerprint density at radius 2 is 1.36 bits per heavy atom. The van der Waals surface area contributed by atoms with E-state index in [1.54, 1.807) is 6.20 Å². The summed E-state index contributed by atoms with van der Waals surface area (Å²) in [5.41, 5.74) is 0. The minimum atomic E-state index is -0.798. The van der Waals surface area contributed by atoms with Gasteiger partial charge >= 0.3 is 5.97 Å². The van der Waals surface area contributed by atoms with Crippen molar-refractivity contribution in [1.82, 2.24) is 5.32 Å². The van der Waals surface area contributed by atoms with Crippen LogP contribution >= 0.6 is 0 Å². The molecule has 25 heavy (non-hydrogen) atoms. The molecule has 0 heterocycles. The van der Waals surface area contributed by atoms with Crippen LogP contribution in [0.15, 0.2) is 24.4 Å². The van der Waals surface area contributed by atoms with Gasteiger partial charge in [-0.1, -0.05) is 96.6 Å². The maximum Gasteiger partial charge on any atom is 0.326 e. The van der Waals surface area contributed by atoms with E-state index in [0.717, 1.165) is 6.42 Å². The first-order chi connectivity index (χ1) is 12.2. The van der Waals surface area contributed by atoms with E-state index in [1.165, 1.54) is 77.0 Å². The molecule has 3 heteroatoms. The second-order valence-corrected chi connectivity index (χ2v) is 6.93. The van der Waals surface area contributed by atoms with Gasteiger partial charge in [-0.15, -0.1) is 0 Å². The summed E-state index contributed by atoms with van der Waals surface area (Å²) in [7, 11) is 0. The van der Waals surface area contributed by atoms with E-state index >= 15 is 0 Å². The molecule has 146 valence electrons. The maximum absolute atomic E-state index is 10.8. The van der Waals surface area contributed by atoms with Gasteiger partial charge in [-0.2, -0.15) is 0 Å². The molecular weight excluding hydrogens is 310 g/mol. The predicted molar refractivity (Wildman–Crippen MR) is 109 cm³/mol. The lowest BCUT2D eigenvalue weighted by atomic mass is 10.0. The first-order valence-electron chi connectivity index (χ1n) is 10.5. The van der Waals surface area contributed by atoms with Gasteiger partial charge in [0.1, 0.15) is 6.04 Å². The quantitative estimate of drug-likeness (QED) is 0.216. The molecule has 0 amide bonds. The number of carboxylic acids is 1. The van der Waals surface area contributed by atoms with Crippen LogP contribution in [0, 0.1) is 0 Å². The lowest BCUT2D eigenvalue weighted by Gasteiger charge is -2.08. The van der Waals surface area contributed by atoms with Gasteiger partial charge in [-0.3, -0.25) is 0 Å². The van der Waals surface area contributed by atoms with Crippen molar-refractivity contribution in [2.45, 2.75) is 110 Å². The maximum atomic E-state index is 10.8. The molecule has 0 aromatic heterocycles. The van der Waals surface area contributed by atoms with Crippen LogP contribution in [0.4, 0.5) is 0 Å². The van der Waals surface area contributed by atoms with Crippen LogP contribution < -0.4 is 5.32 Å². The molecular formula is C22H41NO2. The summed E-state index contributed by atoms with van der Waals surface area (Å²) in [6.07, 6.45) is 26.0. The van der Waals surface area contributed by atoms with Crippen molar-refractivity contribution >= 4 is 5.97 Å². The summed E-state index contributed by atoms with van der Waals surface area (Å²) in [5, 5.41) is 11.8. The topological polar surface area (TPSA) is 49.3 Å². The van der Waals surface area contributed by atoms with Gasteiger partial charge in [-0.25, -0.2) is 4.79 Å². The third-order valence-corrected chi connectivity index (χ3v) is 4.57. The van der Waals surface area contributed by atoms with Gasteiger partial charge < -0.3 is 10.4 Å². The van der Waals surface area contributed by atoms with E-state index in [0.29, 0.717) is 6.42 Å². The van der Waals surface area contributed by atoms with E-state index in [9.17, 15) is 4.79 Å². The largest absolute Gasteiger partial charge is 0.480 e. The van der Waals surface area contributed by atoms with Crippen LogP contribution in [0.1, 0.15) is 104 Å². The molecule has 0 radical (unpaired) electrons. The van der Waals surface area contributed by atoms with E-state index in [1.807, 2.05) is 19.1 Å². The van der Waals surface area contributed by atoms with Gasteiger partial charge in [0.05, 0.1) is 0 Å². The van der Waals surface area contributed by atoms with Crippen molar-refractivity contribution in [2.24, 2.45) is 0 Å². The van der Waals surface area contributed by atoms with Gasteiger partial charge in [-0.05, 0) is 31.5 Å². The number of carboxylic acid groups (broad SMARTS) is 1. The standard InChI is InChI=1S/C22H41NO2/c1-3-5-6-7-8-9-10-11-12-13-14-15-16-17-18-19-20-23-21(4-2)22(24)25/h17-21,23H,3-16H2,1-2H3,(H,24,25). The van der Waals surface area contributed by atoms with Gasteiger partial charge in [0.25, 0.3) is 0 Å². The molecule has 0 aliphatic heterocycles. The normalized spacial score (nSPS) is 12.9. The number of aliphatic carboxylic acids is 1. The second kappa shape index (κ2) is 19.1. The summed E-state index contributed by atoms with van der Waals surface area (Å²) in [6.45, 7) is 4.14. The minimum absolute atomic E-state index is 0.485. The highest BCUT2D eigenvalue weighted by atomic mass is 16.4. The Labute approximate surface area is 156 Å². The molecule has 2 N–H and O–H groups in total. The van der Waals surface area contributed by atoms with E-state index < -0.39 is 12.0 Å². The summed E-state index contributed by atoms with van der Waals surface area (Å²) in [4.78, 5) is 10.8. The van der Waals surface area contributed by atoms with Gasteiger partial charge in [0.15, 0.2) is 0 Å². The third kappa shape index (κ3) is 17.4. The number of carbonyl (C=O) groups is 1. The van der Waals surface area contributed by atoms with Crippen molar-refractivity contribution in [2.75, 3.05) is 0 Å². The number of rotatable bonds is 18. The first kappa shape index (κ1) is 23.8. The van der Waals surface area contributed by atoms with Gasteiger partial charge in [0, 0.05) is 0 Å². The summed E-state index contributed by atoms with van der Waals surface area (Å²) >= 11 is 0. The number of hydrogen-bond acceptors (Lipinski definition) is 2. The highest BCUT2D eigenvalue weighted by Gasteiger charge is 2.10. The number of allylic oxidation sites excluding steroid dienone is 3. The van der Waals surface area contributed by atoms with Crippen molar-refractivity contribution in [3.05, 3.63) is 24.4 Å². The van der Waals surface area contributed by atoms with Crippen molar-refractivity contribution in [1.29, 1.82) is 0 Å². The molecule has 0 spiro atoms. The predicted octanol–water partition coefficient (Wildman–Crippen LogP) is 6.60. The van der Waals surface area contributed by atoms with Gasteiger partial charge in [0.2, 0.25) is 0 Å². The Morgan fingerprint density at radius 3 is 1.84 bits per heavy atom. The van der Waals surface area contributed by atoms with Crippen molar-refractivity contribution in [3.63, 3.8) is 0 Å². The molecule has 3 nitrogen and oxygen atoms in total. The minimum Gasteiger partial charge on any atom is -0.480 e. The average Bonchev–Trinajstić information content (AvgIpc) is 2.60. The molecule has 0 saturated heterocycles. The van der Waals surface area contributed by atoms with Crippen LogP contribution in [0.2, 0.25) is 0 Å². The smallest absolute Gasteiger partial charge is 0.326 e. The molecule has 1 atom stereocenters. The Bertz CT molecular complexity index is 350. The lowest BCUT2D eigenvalue weighted by molar-refractivity contribution is -0.139. The molecule has 0 rings (SSSR count). The Hall–Kier alpha value is -1.25. The molecule has 0 aliphatic rings. The highest BCUT2D eigenvalue weighted by Crippen LogP contribution is 2.12. The molecule has 0 aromatic rings. The van der Waals surface area contributed by atoms with Crippen molar-refractivity contribution in [3.8, 4) is 0 Å². The zero-order chi connectivity index (χ0) is 18.6. The van der Waals surface area contributed by atoms with Crippen molar-refractivity contribution < 1.29 is 9.90 Å². The summed E-state index contributed by atoms with van der Waals surface area (Å²) in [6, 6.07) is -0.485. The SMILES string of the molecule is CCCCCCCCCCCCCCC=CC=CNC(CC)C(=O)O. The fraction of sp³-hybridized carbons (Fsp3) is 0.773. The molecule has 0 bridgehead atoms. The van der Waals surface area contributed by atoms with Crippen LogP contribution in [0.3, 0.4) is 0 Å². The van der Waals surface area contributed by atoms with Crippen LogP contribution in [0.5, 0.6) is 0 Å². The highest BCUT2D eigenvalue weighted by molar-refractivity contribution is 5.73. The fourth-order valence-corrected chi connectivity index (χ4v) is 2.87. The zero-order valence-corrected chi connectivity index (χ0v) is 16.6. The van der Waals surface area contributed by atoms with Crippen LogP contribution in [-0.4, -0.2) is 17.1 Å². The Morgan fingerprint density at radius 1 is 0.840 bits per heavy atom. The number of unbranched alkanes of at least 4 members (excludes halogenated alkanes) is 12. The molecule has 1 unspecified atom stereocenters. The summed E-state index contributed by atoms with van der Waals surface area (Å²) in [5.74, 6) is -0.798. The number of hydrogen-bond donors (Lipinski definition) is 2. The molecule has 0 saturated carbocycles. The van der Waals surface area contributed by atoms with E-state index in [4.69, 9.17) is 5.11 Å². The molecule has 0 aliphatic carbocycles. The van der Waals surface area contributed by atoms with E-state index in [2.05, 4.69) is 18.3 Å². The molecule has 0 aromatic carbocycles. The van der Waals surface area contributed by atoms with Crippen LogP contribution in [0.25, 0.3) is 0 Å². The first-order valence-corrected chi connectivity index (χ1v) is 10.5. The monoisotopic (exact) mass is 351 g/mol. The summed E-state index contributed by atoms with van der Waals surface area (Å²) < 4.78 is 0. The van der Waals surface area contributed by atoms with Crippen LogP contribution in [-0.2, 0) is 4.79 Å². The Balaban J connectivity index is 3.31. The fourth-order valence-electron chi connectivity index (χ4n) is 2.87. The van der Waals surface area contributed by atoms with E-state index in [-0.39, 0.29) is 0 Å². The lowest BCUT2D eigenvalue weighted by Crippen LogP contribution is -2.32. The third-order valence-electron chi connectivity index (χ3n) is 4.57. The number of nitrogens with one attached hydrogen (secondary N) is 1. The molecule has 0 fully saturated rings. The second-order valence-electron chi connectivity index (χ2n) is 6.93.